The van der Waals surface area contributed by atoms with Crippen molar-refractivity contribution in [1.29, 1.82) is 0 Å². The van der Waals surface area contributed by atoms with E-state index in [1.807, 2.05) is 23.9 Å². The molecule has 3 rings (SSSR count). The van der Waals surface area contributed by atoms with Crippen molar-refractivity contribution in [3.05, 3.63) is 53.3 Å². The van der Waals surface area contributed by atoms with Gasteiger partial charge in [0.15, 0.2) is 0 Å². The van der Waals surface area contributed by atoms with E-state index in [0.29, 0.717) is 0 Å². The van der Waals surface area contributed by atoms with Crippen LogP contribution in [0.2, 0.25) is 0 Å². The number of aromatic nitrogens is 2. The molecule has 0 bridgehead atoms. The Labute approximate surface area is 108 Å². The van der Waals surface area contributed by atoms with Gasteiger partial charge in [0, 0.05) is 18.8 Å². The number of aryl methyl sites for hydroxylation is 1. The first-order chi connectivity index (χ1) is 8.79. The van der Waals surface area contributed by atoms with Crippen molar-refractivity contribution < 1.29 is 0 Å². The van der Waals surface area contributed by atoms with Crippen LogP contribution in [-0.4, -0.2) is 15.8 Å². The third-order valence-corrected chi connectivity index (χ3v) is 3.31. The molecule has 1 N–H and O–H groups in total. The zero-order valence-corrected chi connectivity index (χ0v) is 10.8. The lowest BCUT2D eigenvalue weighted by Gasteiger charge is -2.05. The summed E-state index contributed by atoms with van der Waals surface area (Å²) in [5, 5.41) is 7.93. The maximum Gasteiger partial charge on any atom is 0.0659 e. The SMILES string of the molecule is Cc1ccn(Cc2ccc(CNC3CC3)cc2)n1. The lowest BCUT2D eigenvalue weighted by atomic mass is 10.1. The largest absolute Gasteiger partial charge is 0.310 e. The molecule has 0 aliphatic heterocycles. The summed E-state index contributed by atoms with van der Waals surface area (Å²) in [7, 11) is 0. The molecule has 1 aromatic heterocycles. The van der Waals surface area contributed by atoms with Crippen LogP contribution in [-0.2, 0) is 13.1 Å². The summed E-state index contributed by atoms with van der Waals surface area (Å²) in [4.78, 5) is 0. The van der Waals surface area contributed by atoms with Gasteiger partial charge in [-0.2, -0.15) is 5.10 Å². The molecule has 0 unspecified atom stereocenters. The fourth-order valence-electron chi connectivity index (χ4n) is 2.05. The number of hydrogen-bond donors (Lipinski definition) is 1. The summed E-state index contributed by atoms with van der Waals surface area (Å²) in [6.07, 6.45) is 4.71. The summed E-state index contributed by atoms with van der Waals surface area (Å²) < 4.78 is 1.98. The van der Waals surface area contributed by atoms with E-state index in [-0.39, 0.29) is 0 Å². The molecule has 0 amide bonds. The molecule has 1 fully saturated rings. The second-order valence-electron chi connectivity index (χ2n) is 5.13. The third kappa shape index (κ3) is 2.99. The molecule has 1 aliphatic rings. The van der Waals surface area contributed by atoms with Crippen molar-refractivity contribution in [2.75, 3.05) is 0 Å². The van der Waals surface area contributed by atoms with Crippen LogP contribution in [0.4, 0.5) is 0 Å². The van der Waals surface area contributed by atoms with E-state index in [4.69, 9.17) is 0 Å². The van der Waals surface area contributed by atoms with E-state index in [1.54, 1.807) is 0 Å². The molecule has 1 saturated carbocycles. The van der Waals surface area contributed by atoms with Gasteiger partial charge >= 0.3 is 0 Å². The Bertz CT molecular complexity index is 509. The molecule has 0 saturated heterocycles. The van der Waals surface area contributed by atoms with Crippen LogP contribution in [0.25, 0.3) is 0 Å². The smallest absolute Gasteiger partial charge is 0.0659 e. The number of rotatable bonds is 5. The van der Waals surface area contributed by atoms with Gasteiger partial charge < -0.3 is 5.32 Å². The molecular formula is C15H19N3. The van der Waals surface area contributed by atoms with Crippen LogP contribution in [0, 0.1) is 6.92 Å². The maximum absolute atomic E-state index is 4.40. The van der Waals surface area contributed by atoms with Gasteiger partial charge in [0.2, 0.25) is 0 Å². The minimum absolute atomic E-state index is 0.775. The van der Waals surface area contributed by atoms with Crippen molar-refractivity contribution in [3.8, 4) is 0 Å². The van der Waals surface area contributed by atoms with Gasteiger partial charge in [0.05, 0.1) is 12.2 Å². The second-order valence-corrected chi connectivity index (χ2v) is 5.13. The Morgan fingerprint density at radius 2 is 1.89 bits per heavy atom. The average Bonchev–Trinajstić information content (AvgIpc) is 3.12. The average molecular weight is 241 g/mol. The molecular weight excluding hydrogens is 222 g/mol. The quantitative estimate of drug-likeness (QED) is 0.871. The van der Waals surface area contributed by atoms with Gasteiger partial charge in [-0.05, 0) is 37.0 Å². The van der Waals surface area contributed by atoms with E-state index in [0.717, 1.165) is 24.8 Å². The maximum atomic E-state index is 4.40. The predicted molar refractivity (Wildman–Crippen MR) is 72.4 cm³/mol. The summed E-state index contributed by atoms with van der Waals surface area (Å²) in [5.74, 6) is 0. The molecule has 3 nitrogen and oxygen atoms in total. The van der Waals surface area contributed by atoms with Crippen LogP contribution in [0.5, 0.6) is 0 Å². The lowest BCUT2D eigenvalue weighted by molar-refractivity contribution is 0.675. The molecule has 1 heterocycles. The Morgan fingerprint density at radius 1 is 1.17 bits per heavy atom. The molecule has 0 radical (unpaired) electrons. The molecule has 1 aliphatic carbocycles. The van der Waals surface area contributed by atoms with Crippen LogP contribution in [0.1, 0.15) is 29.7 Å². The minimum atomic E-state index is 0.775. The van der Waals surface area contributed by atoms with E-state index < -0.39 is 0 Å². The zero-order valence-electron chi connectivity index (χ0n) is 10.8. The molecule has 94 valence electrons. The van der Waals surface area contributed by atoms with Gasteiger partial charge in [-0.3, -0.25) is 4.68 Å². The first kappa shape index (κ1) is 11.5. The molecule has 0 atom stereocenters. The van der Waals surface area contributed by atoms with Crippen LogP contribution in [0.3, 0.4) is 0 Å². The lowest BCUT2D eigenvalue weighted by Crippen LogP contribution is -2.15. The van der Waals surface area contributed by atoms with Gasteiger partial charge in [-0.15, -0.1) is 0 Å². The number of nitrogens with one attached hydrogen (secondary N) is 1. The Balaban J connectivity index is 1.59. The van der Waals surface area contributed by atoms with Gasteiger partial charge in [-0.1, -0.05) is 24.3 Å². The van der Waals surface area contributed by atoms with Crippen molar-refractivity contribution >= 4 is 0 Å². The van der Waals surface area contributed by atoms with Gasteiger partial charge in [0.1, 0.15) is 0 Å². The fraction of sp³-hybridized carbons (Fsp3) is 0.400. The predicted octanol–water partition coefficient (Wildman–Crippen LogP) is 2.49. The van der Waals surface area contributed by atoms with Crippen molar-refractivity contribution in [2.24, 2.45) is 0 Å². The highest BCUT2D eigenvalue weighted by Gasteiger charge is 2.19. The second kappa shape index (κ2) is 4.94. The molecule has 3 heteroatoms. The molecule has 1 aromatic carbocycles. The molecule has 2 aromatic rings. The minimum Gasteiger partial charge on any atom is -0.310 e. The summed E-state index contributed by atoms with van der Waals surface area (Å²) in [6.45, 7) is 3.86. The summed E-state index contributed by atoms with van der Waals surface area (Å²) >= 11 is 0. The number of hydrogen-bond acceptors (Lipinski definition) is 2. The molecule has 0 spiro atoms. The standard InChI is InChI=1S/C15H19N3/c1-12-8-9-18(17-12)11-14-4-2-13(3-5-14)10-16-15-6-7-15/h2-5,8-9,15-16H,6-7,10-11H2,1H3. The van der Waals surface area contributed by atoms with E-state index in [1.165, 1.54) is 24.0 Å². The van der Waals surface area contributed by atoms with E-state index in [9.17, 15) is 0 Å². The highest BCUT2D eigenvalue weighted by molar-refractivity contribution is 5.23. The monoisotopic (exact) mass is 241 g/mol. The van der Waals surface area contributed by atoms with Crippen molar-refractivity contribution in [3.63, 3.8) is 0 Å². The third-order valence-electron chi connectivity index (χ3n) is 3.31. The van der Waals surface area contributed by atoms with Crippen LogP contribution in [0.15, 0.2) is 36.5 Å². The van der Waals surface area contributed by atoms with Crippen LogP contribution >= 0.6 is 0 Å². The van der Waals surface area contributed by atoms with Crippen molar-refractivity contribution in [1.82, 2.24) is 15.1 Å². The summed E-state index contributed by atoms with van der Waals surface area (Å²) in [5.41, 5.74) is 3.73. The van der Waals surface area contributed by atoms with Crippen LogP contribution < -0.4 is 5.32 Å². The summed E-state index contributed by atoms with van der Waals surface area (Å²) in [6, 6.07) is 11.6. The van der Waals surface area contributed by atoms with Gasteiger partial charge in [-0.25, -0.2) is 0 Å². The Morgan fingerprint density at radius 3 is 2.50 bits per heavy atom. The first-order valence-corrected chi connectivity index (χ1v) is 6.61. The fourth-order valence-corrected chi connectivity index (χ4v) is 2.05. The van der Waals surface area contributed by atoms with Crippen molar-refractivity contribution in [2.45, 2.75) is 38.9 Å². The first-order valence-electron chi connectivity index (χ1n) is 6.61. The molecule has 18 heavy (non-hydrogen) atoms. The van der Waals surface area contributed by atoms with Gasteiger partial charge in [0.25, 0.3) is 0 Å². The normalized spacial score (nSPS) is 14.9. The Hall–Kier alpha value is -1.61. The highest BCUT2D eigenvalue weighted by atomic mass is 15.3. The highest BCUT2D eigenvalue weighted by Crippen LogP contribution is 2.19. The van der Waals surface area contributed by atoms with E-state index in [2.05, 4.69) is 34.7 Å². The Kier molecular flexibility index (Phi) is 3.15. The van der Waals surface area contributed by atoms with E-state index >= 15 is 0 Å². The number of benzene rings is 1. The zero-order chi connectivity index (χ0) is 12.4. The number of nitrogens with zero attached hydrogens (tertiary/aromatic N) is 2. The topological polar surface area (TPSA) is 29.9 Å².